The zero-order valence-electron chi connectivity index (χ0n) is 14.4. The molecule has 6 heteroatoms. The van der Waals surface area contributed by atoms with Crippen molar-refractivity contribution in [2.75, 3.05) is 18.4 Å². The molecule has 5 nitrogen and oxygen atoms in total. The van der Waals surface area contributed by atoms with Crippen molar-refractivity contribution in [3.05, 3.63) is 64.2 Å². The van der Waals surface area contributed by atoms with Gasteiger partial charge in [0.25, 0.3) is 0 Å². The summed E-state index contributed by atoms with van der Waals surface area (Å²) in [6, 6.07) is 10.3. The van der Waals surface area contributed by atoms with Crippen molar-refractivity contribution in [3.63, 3.8) is 0 Å². The summed E-state index contributed by atoms with van der Waals surface area (Å²) in [4.78, 5) is 8.37. The molecule has 1 aliphatic rings. The van der Waals surface area contributed by atoms with E-state index in [-0.39, 0.29) is 0 Å². The molecule has 0 radical (unpaired) electrons. The van der Waals surface area contributed by atoms with Gasteiger partial charge in [-0.3, -0.25) is 9.58 Å². The van der Waals surface area contributed by atoms with Gasteiger partial charge in [-0.1, -0.05) is 6.07 Å². The van der Waals surface area contributed by atoms with Gasteiger partial charge in [-0.15, -0.1) is 11.3 Å². The minimum atomic E-state index is 0.489. The van der Waals surface area contributed by atoms with Gasteiger partial charge in [-0.2, -0.15) is 5.10 Å². The SMILES string of the molecule is Cc1ccsc1CN1Cc2ccnn2C[C@@H](CNc2ccccn2)C1. The Balaban J connectivity index is 1.48. The van der Waals surface area contributed by atoms with Crippen LogP contribution >= 0.6 is 11.3 Å². The number of hydrogen-bond acceptors (Lipinski definition) is 5. The van der Waals surface area contributed by atoms with Crippen LogP contribution in [0.5, 0.6) is 0 Å². The molecule has 0 amide bonds. The van der Waals surface area contributed by atoms with Crippen molar-refractivity contribution < 1.29 is 0 Å². The standard InChI is InChI=1S/C19H23N5S/c1-15-6-9-25-18(15)14-23-11-16(10-21-19-4-2-3-7-20-19)12-24-17(13-23)5-8-22-24/h2-9,16H,10-14H2,1H3,(H,20,21)/t16-/m0/s1. The number of pyridine rings is 1. The van der Waals surface area contributed by atoms with E-state index in [0.717, 1.165) is 38.5 Å². The topological polar surface area (TPSA) is 46.0 Å². The predicted molar refractivity (Wildman–Crippen MR) is 102 cm³/mol. The van der Waals surface area contributed by atoms with Crippen LogP contribution in [0.1, 0.15) is 16.1 Å². The lowest BCUT2D eigenvalue weighted by Gasteiger charge is -2.24. The first-order chi connectivity index (χ1) is 12.3. The van der Waals surface area contributed by atoms with Crippen LogP contribution in [0.15, 0.2) is 48.1 Å². The first-order valence-electron chi connectivity index (χ1n) is 8.69. The van der Waals surface area contributed by atoms with Gasteiger partial charge >= 0.3 is 0 Å². The summed E-state index contributed by atoms with van der Waals surface area (Å²) in [7, 11) is 0. The quantitative estimate of drug-likeness (QED) is 0.764. The predicted octanol–water partition coefficient (Wildman–Crippen LogP) is 3.39. The first-order valence-corrected chi connectivity index (χ1v) is 9.57. The molecule has 1 N–H and O–H groups in total. The lowest BCUT2D eigenvalue weighted by Crippen LogP contribution is -2.31. The average molecular weight is 353 g/mol. The summed E-state index contributed by atoms with van der Waals surface area (Å²) >= 11 is 1.86. The highest BCUT2D eigenvalue weighted by atomic mass is 32.1. The Bertz CT molecular complexity index is 810. The Kier molecular flexibility index (Phi) is 4.81. The van der Waals surface area contributed by atoms with Crippen molar-refractivity contribution >= 4 is 17.2 Å². The van der Waals surface area contributed by atoms with E-state index in [9.17, 15) is 0 Å². The number of nitrogens with zero attached hydrogens (tertiary/aromatic N) is 4. The molecule has 0 saturated heterocycles. The van der Waals surface area contributed by atoms with Gasteiger partial charge in [-0.25, -0.2) is 4.98 Å². The first kappa shape index (κ1) is 16.3. The molecular weight excluding hydrogens is 330 g/mol. The largest absolute Gasteiger partial charge is 0.370 e. The number of rotatable bonds is 5. The average Bonchev–Trinajstić information content (AvgIpc) is 3.19. The Hall–Kier alpha value is -2.18. The van der Waals surface area contributed by atoms with Crippen LogP contribution in [0, 0.1) is 12.8 Å². The Labute approximate surface area is 152 Å². The van der Waals surface area contributed by atoms with E-state index in [1.165, 1.54) is 16.1 Å². The minimum absolute atomic E-state index is 0.489. The molecule has 0 saturated carbocycles. The summed E-state index contributed by atoms with van der Waals surface area (Å²) in [6.07, 6.45) is 3.74. The molecule has 0 spiro atoms. The molecule has 0 fully saturated rings. The maximum atomic E-state index is 4.52. The second-order valence-electron chi connectivity index (χ2n) is 6.66. The number of thiophene rings is 1. The van der Waals surface area contributed by atoms with Crippen molar-refractivity contribution in [3.8, 4) is 0 Å². The lowest BCUT2D eigenvalue weighted by atomic mass is 10.1. The van der Waals surface area contributed by atoms with Crippen LogP contribution < -0.4 is 5.32 Å². The Morgan fingerprint density at radius 3 is 2.96 bits per heavy atom. The third kappa shape index (κ3) is 3.91. The zero-order valence-corrected chi connectivity index (χ0v) is 15.2. The molecule has 3 aromatic rings. The molecule has 1 atom stereocenters. The van der Waals surface area contributed by atoms with E-state index >= 15 is 0 Å². The molecular formula is C19H23N5S. The summed E-state index contributed by atoms with van der Waals surface area (Å²) < 4.78 is 2.16. The van der Waals surface area contributed by atoms with Gasteiger partial charge < -0.3 is 5.32 Å². The number of anilines is 1. The van der Waals surface area contributed by atoms with Crippen LogP contribution in [0.4, 0.5) is 5.82 Å². The van der Waals surface area contributed by atoms with Gasteiger partial charge in [-0.05, 0) is 42.1 Å². The van der Waals surface area contributed by atoms with E-state index in [4.69, 9.17) is 0 Å². The third-order valence-corrected chi connectivity index (χ3v) is 5.72. The highest BCUT2D eigenvalue weighted by Gasteiger charge is 2.23. The number of aryl methyl sites for hydroxylation is 1. The van der Waals surface area contributed by atoms with Gasteiger partial charge in [0.05, 0.1) is 5.69 Å². The van der Waals surface area contributed by atoms with Crippen molar-refractivity contribution in [1.29, 1.82) is 0 Å². The molecule has 25 heavy (non-hydrogen) atoms. The molecule has 1 aliphatic heterocycles. The molecule has 0 bridgehead atoms. The molecule has 4 rings (SSSR count). The second kappa shape index (κ2) is 7.37. The minimum Gasteiger partial charge on any atom is -0.370 e. The Morgan fingerprint density at radius 2 is 2.16 bits per heavy atom. The fraction of sp³-hybridized carbons (Fsp3) is 0.368. The summed E-state index contributed by atoms with van der Waals surface area (Å²) in [5.74, 6) is 1.43. The smallest absolute Gasteiger partial charge is 0.125 e. The van der Waals surface area contributed by atoms with Crippen LogP contribution in [-0.4, -0.2) is 32.8 Å². The van der Waals surface area contributed by atoms with Crippen molar-refractivity contribution in [2.24, 2.45) is 5.92 Å². The van der Waals surface area contributed by atoms with Crippen LogP contribution in [0.25, 0.3) is 0 Å². The van der Waals surface area contributed by atoms with Crippen molar-refractivity contribution in [2.45, 2.75) is 26.6 Å². The highest BCUT2D eigenvalue weighted by Crippen LogP contribution is 2.22. The summed E-state index contributed by atoms with van der Waals surface area (Å²) in [5.41, 5.74) is 2.69. The van der Waals surface area contributed by atoms with E-state index in [0.29, 0.717) is 5.92 Å². The number of hydrogen-bond donors (Lipinski definition) is 1. The number of fused-ring (bicyclic) bond motifs is 1. The molecule has 0 aromatic carbocycles. The zero-order chi connectivity index (χ0) is 17.1. The molecule has 0 unspecified atom stereocenters. The van der Waals surface area contributed by atoms with Crippen LogP contribution in [-0.2, 0) is 19.6 Å². The lowest BCUT2D eigenvalue weighted by molar-refractivity contribution is 0.227. The normalized spacial score (nSPS) is 17.9. The maximum Gasteiger partial charge on any atom is 0.125 e. The third-order valence-electron chi connectivity index (χ3n) is 4.71. The van der Waals surface area contributed by atoms with Crippen molar-refractivity contribution in [1.82, 2.24) is 19.7 Å². The summed E-state index contributed by atoms with van der Waals surface area (Å²) in [5, 5.41) is 10.2. The molecule has 130 valence electrons. The van der Waals surface area contributed by atoms with E-state index in [2.05, 4.69) is 49.4 Å². The molecule has 3 aromatic heterocycles. The van der Waals surface area contributed by atoms with Gasteiger partial charge in [0.15, 0.2) is 0 Å². The fourth-order valence-corrected chi connectivity index (χ4v) is 4.30. The molecule has 4 heterocycles. The summed E-state index contributed by atoms with van der Waals surface area (Å²) in [6.45, 7) is 7.07. The van der Waals surface area contributed by atoms with Gasteiger partial charge in [0, 0.05) is 55.9 Å². The van der Waals surface area contributed by atoms with Gasteiger partial charge in [0.2, 0.25) is 0 Å². The number of aromatic nitrogens is 3. The highest BCUT2D eigenvalue weighted by molar-refractivity contribution is 7.10. The number of nitrogens with one attached hydrogen (secondary N) is 1. The maximum absolute atomic E-state index is 4.52. The van der Waals surface area contributed by atoms with E-state index in [1.54, 1.807) is 0 Å². The second-order valence-corrected chi connectivity index (χ2v) is 7.66. The monoisotopic (exact) mass is 353 g/mol. The van der Waals surface area contributed by atoms with E-state index < -0.39 is 0 Å². The fourth-order valence-electron chi connectivity index (χ4n) is 3.35. The van der Waals surface area contributed by atoms with E-state index in [1.807, 2.05) is 41.9 Å². The molecule has 0 aliphatic carbocycles. The Morgan fingerprint density at radius 1 is 1.20 bits per heavy atom. The van der Waals surface area contributed by atoms with Gasteiger partial charge in [0.1, 0.15) is 5.82 Å². The van der Waals surface area contributed by atoms with Crippen LogP contribution in [0.2, 0.25) is 0 Å². The van der Waals surface area contributed by atoms with Crippen LogP contribution in [0.3, 0.4) is 0 Å².